The van der Waals surface area contributed by atoms with Crippen LogP contribution in [-0.4, -0.2) is 35.4 Å². The first-order valence-electron chi connectivity index (χ1n) is 9.75. The highest BCUT2D eigenvalue weighted by Crippen LogP contribution is 2.34. The fourth-order valence-corrected chi connectivity index (χ4v) is 3.58. The fraction of sp³-hybridized carbons (Fsp3) is 0.0833. The monoisotopic (exact) mass is 410 g/mol. The number of anilines is 2. The molecule has 31 heavy (non-hydrogen) atoms. The summed E-state index contributed by atoms with van der Waals surface area (Å²) in [6.45, 7) is 0.00991. The molecule has 0 aliphatic carbocycles. The molecule has 0 unspecified atom stereocenters. The topological polar surface area (TPSA) is 84.4 Å². The Morgan fingerprint density at radius 1 is 1.06 bits per heavy atom. The van der Waals surface area contributed by atoms with Crippen LogP contribution in [0.2, 0.25) is 0 Å². The van der Waals surface area contributed by atoms with E-state index >= 15 is 0 Å². The van der Waals surface area contributed by atoms with Gasteiger partial charge in [0, 0.05) is 36.1 Å². The number of para-hydroxylation sites is 1. The number of nitrogens with zero attached hydrogens (tertiary/aromatic N) is 3. The maximum atomic E-state index is 13.3. The standard InChI is InChI=1S/C24H18N4O3/c1-28-21-12-16(6-7-22(21)31-14-23(28)29)26-24(30)18-13-20(15-8-10-25-11-9-15)27-19-5-3-2-4-17(18)19/h2-13H,14H2,1H3,(H,26,30). The number of pyridine rings is 2. The van der Waals surface area contributed by atoms with E-state index in [0.29, 0.717) is 28.4 Å². The second-order valence-electron chi connectivity index (χ2n) is 7.19. The molecule has 5 rings (SSSR count). The highest BCUT2D eigenvalue weighted by molar-refractivity contribution is 6.13. The van der Waals surface area contributed by atoms with Crippen LogP contribution in [0.1, 0.15) is 10.4 Å². The molecule has 0 radical (unpaired) electrons. The lowest BCUT2D eigenvalue weighted by atomic mass is 10.0. The third kappa shape index (κ3) is 3.46. The molecule has 2 aromatic heterocycles. The number of nitrogens with one attached hydrogen (secondary N) is 1. The number of hydrogen-bond donors (Lipinski definition) is 1. The van der Waals surface area contributed by atoms with Crippen LogP contribution in [-0.2, 0) is 4.79 Å². The molecule has 0 atom stereocenters. The third-order valence-corrected chi connectivity index (χ3v) is 5.24. The molecule has 3 heterocycles. The van der Waals surface area contributed by atoms with Gasteiger partial charge in [0.25, 0.3) is 11.8 Å². The van der Waals surface area contributed by atoms with Crippen LogP contribution in [0.25, 0.3) is 22.2 Å². The van der Waals surface area contributed by atoms with Crippen LogP contribution < -0.4 is 15.0 Å². The van der Waals surface area contributed by atoms with E-state index in [-0.39, 0.29) is 18.4 Å². The number of carbonyl (C=O) groups excluding carboxylic acids is 2. The molecule has 152 valence electrons. The van der Waals surface area contributed by atoms with E-state index in [4.69, 9.17) is 9.72 Å². The summed E-state index contributed by atoms with van der Waals surface area (Å²) < 4.78 is 5.46. The van der Waals surface area contributed by atoms with E-state index in [1.807, 2.05) is 36.4 Å². The van der Waals surface area contributed by atoms with E-state index in [0.717, 1.165) is 16.5 Å². The molecule has 7 nitrogen and oxygen atoms in total. The van der Waals surface area contributed by atoms with Gasteiger partial charge in [0.2, 0.25) is 0 Å². The second kappa shape index (κ2) is 7.53. The van der Waals surface area contributed by atoms with Gasteiger partial charge in [0.15, 0.2) is 6.61 Å². The summed E-state index contributed by atoms with van der Waals surface area (Å²) in [6, 6.07) is 18.3. The largest absolute Gasteiger partial charge is 0.482 e. The number of aromatic nitrogens is 2. The van der Waals surface area contributed by atoms with Gasteiger partial charge < -0.3 is 15.0 Å². The van der Waals surface area contributed by atoms with Crippen molar-refractivity contribution in [3.8, 4) is 17.0 Å². The lowest BCUT2D eigenvalue weighted by molar-refractivity contribution is -0.120. The van der Waals surface area contributed by atoms with Crippen molar-refractivity contribution in [2.45, 2.75) is 0 Å². The first kappa shape index (κ1) is 18.7. The van der Waals surface area contributed by atoms with Gasteiger partial charge in [-0.1, -0.05) is 18.2 Å². The Kier molecular flexibility index (Phi) is 4.55. The summed E-state index contributed by atoms with van der Waals surface area (Å²) in [4.78, 5) is 35.5. The van der Waals surface area contributed by atoms with Crippen molar-refractivity contribution in [1.29, 1.82) is 0 Å². The van der Waals surface area contributed by atoms with Gasteiger partial charge in [-0.05, 0) is 42.5 Å². The van der Waals surface area contributed by atoms with Crippen LogP contribution in [0, 0.1) is 0 Å². The molecule has 1 N–H and O–H groups in total. The van der Waals surface area contributed by atoms with E-state index in [9.17, 15) is 9.59 Å². The Hall–Kier alpha value is -4.26. The average Bonchev–Trinajstić information content (AvgIpc) is 2.81. The summed E-state index contributed by atoms with van der Waals surface area (Å²) in [5, 5.41) is 3.70. The van der Waals surface area contributed by atoms with Crippen molar-refractivity contribution in [3.63, 3.8) is 0 Å². The first-order valence-corrected chi connectivity index (χ1v) is 9.75. The second-order valence-corrected chi connectivity index (χ2v) is 7.19. The highest BCUT2D eigenvalue weighted by atomic mass is 16.5. The molecule has 1 aliphatic heterocycles. The van der Waals surface area contributed by atoms with E-state index in [1.54, 1.807) is 43.7 Å². The SMILES string of the molecule is CN1C(=O)COc2ccc(NC(=O)c3cc(-c4ccncc4)nc4ccccc34)cc21. The molecule has 0 saturated carbocycles. The van der Waals surface area contributed by atoms with E-state index in [2.05, 4.69) is 10.3 Å². The minimum atomic E-state index is -0.264. The number of carbonyl (C=O) groups is 2. The van der Waals surface area contributed by atoms with Crippen molar-refractivity contribution in [2.24, 2.45) is 0 Å². The zero-order chi connectivity index (χ0) is 21.4. The van der Waals surface area contributed by atoms with Gasteiger partial charge in [-0.3, -0.25) is 14.6 Å². The van der Waals surface area contributed by atoms with Crippen LogP contribution in [0.4, 0.5) is 11.4 Å². The average molecular weight is 410 g/mol. The first-order chi connectivity index (χ1) is 15.1. The van der Waals surface area contributed by atoms with Crippen molar-refractivity contribution in [2.75, 3.05) is 23.9 Å². The molecule has 1 aliphatic rings. The maximum absolute atomic E-state index is 13.3. The molecule has 0 fully saturated rings. The molecule has 0 bridgehead atoms. The van der Waals surface area contributed by atoms with Crippen molar-refractivity contribution in [1.82, 2.24) is 9.97 Å². The predicted molar refractivity (Wildman–Crippen MR) is 118 cm³/mol. The maximum Gasteiger partial charge on any atom is 0.264 e. The van der Waals surface area contributed by atoms with Crippen molar-refractivity contribution in [3.05, 3.63) is 78.6 Å². The molecular formula is C24H18N4O3. The zero-order valence-electron chi connectivity index (χ0n) is 16.7. The minimum Gasteiger partial charge on any atom is -0.482 e. The highest BCUT2D eigenvalue weighted by Gasteiger charge is 2.23. The summed E-state index contributed by atoms with van der Waals surface area (Å²) >= 11 is 0. The van der Waals surface area contributed by atoms with Gasteiger partial charge >= 0.3 is 0 Å². The van der Waals surface area contributed by atoms with Gasteiger partial charge in [-0.25, -0.2) is 4.98 Å². The lowest BCUT2D eigenvalue weighted by Crippen LogP contribution is -2.35. The Morgan fingerprint density at radius 2 is 1.87 bits per heavy atom. The molecule has 0 saturated heterocycles. The molecular weight excluding hydrogens is 392 g/mol. The van der Waals surface area contributed by atoms with Crippen LogP contribution in [0.15, 0.2) is 73.1 Å². The number of amides is 2. The van der Waals surface area contributed by atoms with Crippen LogP contribution in [0.5, 0.6) is 5.75 Å². The molecule has 2 amide bonds. The van der Waals surface area contributed by atoms with Crippen molar-refractivity contribution >= 4 is 34.1 Å². The summed E-state index contributed by atoms with van der Waals surface area (Å²) in [6.07, 6.45) is 3.39. The quantitative estimate of drug-likeness (QED) is 0.554. The smallest absolute Gasteiger partial charge is 0.264 e. The number of hydrogen-bond acceptors (Lipinski definition) is 5. The fourth-order valence-electron chi connectivity index (χ4n) is 3.58. The Labute approximate surface area is 178 Å². The number of likely N-dealkylation sites (N-methyl/N-ethyl adjacent to an activating group) is 1. The zero-order valence-corrected chi connectivity index (χ0v) is 16.7. The molecule has 4 aromatic rings. The van der Waals surface area contributed by atoms with Gasteiger partial charge in [-0.2, -0.15) is 0 Å². The predicted octanol–water partition coefficient (Wildman–Crippen LogP) is 3.90. The Balaban J connectivity index is 1.54. The number of ether oxygens (including phenoxy) is 1. The summed E-state index contributed by atoms with van der Waals surface area (Å²) in [5.74, 6) is 0.201. The van der Waals surface area contributed by atoms with E-state index in [1.165, 1.54) is 4.90 Å². The van der Waals surface area contributed by atoms with Gasteiger partial charge in [-0.15, -0.1) is 0 Å². The molecule has 7 heteroatoms. The lowest BCUT2D eigenvalue weighted by Gasteiger charge is -2.26. The molecule has 0 spiro atoms. The van der Waals surface area contributed by atoms with Crippen LogP contribution in [0.3, 0.4) is 0 Å². The third-order valence-electron chi connectivity index (χ3n) is 5.24. The minimum absolute atomic E-state index is 0.00991. The molecule has 2 aromatic carbocycles. The van der Waals surface area contributed by atoms with E-state index < -0.39 is 0 Å². The van der Waals surface area contributed by atoms with Gasteiger partial charge in [0.05, 0.1) is 22.5 Å². The van der Waals surface area contributed by atoms with Gasteiger partial charge in [0.1, 0.15) is 5.75 Å². The Bertz CT molecular complexity index is 1320. The summed E-state index contributed by atoms with van der Waals surface area (Å²) in [7, 11) is 1.69. The number of fused-ring (bicyclic) bond motifs is 2. The van der Waals surface area contributed by atoms with Crippen molar-refractivity contribution < 1.29 is 14.3 Å². The number of benzene rings is 2. The summed E-state index contributed by atoms with van der Waals surface area (Å²) in [5.41, 5.74) is 3.99. The Morgan fingerprint density at radius 3 is 2.71 bits per heavy atom. The normalized spacial score (nSPS) is 12.9. The van der Waals surface area contributed by atoms with Crippen LogP contribution >= 0.6 is 0 Å². The number of rotatable bonds is 3.